The Bertz CT molecular complexity index is 563. The van der Waals surface area contributed by atoms with Crippen LogP contribution in [0, 0.1) is 0 Å². The van der Waals surface area contributed by atoms with E-state index in [4.69, 9.17) is 0 Å². The lowest BCUT2D eigenvalue weighted by Crippen LogP contribution is -2.21. The highest BCUT2D eigenvalue weighted by molar-refractivity contribution is 5.96. The van der Waals surface area contributed by atoms with Crippen LogP contribution in [0.5, 0.6) is 0 Å². The number of carbonyl (C=O) groups is 1. The third-order valence-corrected chi connectivity index (χ3v) is 3.58. The molecule has 2 rings (SSSR count). The Kier molecular flexibility index (Phi) is 4.94. The summed E-state index contributed by atoms with van der Waals surface area (Å²) in [6.07, 6.45) is 1.71. The first-order valence-corrected chi connectivity index (χ1v) is 7.20. The maximum absolute atomic E-state index is 12.5. The summed E-state index contributed by atoms with van der Waals surface area (Å²) in [7, 11) is 0. The number of hydrogen-bond donors (Lipinski definition) is 1. The van der Waals surface area contributed by atoms with Gasteiger partial charge in [0.2, 0.25) is 5.91 Å². The Morgan fingerprint density at radius 3 is 2.30 bits per heavy atom. The van der Waals surface area contributed by atoms with E-state index < -0.39 is 0 Å². The molecular formula is C18H21NO. The quantitative estimate of drug-likeness (QED) is 0.855. The Hall–Kier alpha value is -2.09. The summed E-state index contributed by atoms with van der Waals surface area (Å²) >= 11 is 0. The van der Waals surface area contributed by atoms with Gasteiger partial charge in [-0.1, -0.05) is 62.4 Å². The van der Waals surface area contributed by atoms with Gasteiger partial charge in [-0.3, -0.25) is 4.79 Å². The zero-order valence-corrected chi connectivity index (χ0v) is 12.1. The fourth-order valence-electron chi connectivity index (χ4n) is 2.43. The van der Waals surface area contributed by atoms with Crippen molar-refractivity contribution in [2.75, 3.05) is 5.32 Å². The van der Waals surface area contributed by atoms with Gasteiger partial charge in [-0.25, -0.2) is 0 Å². The lowest BCUT2D eigenvalue weighted by molar-refractivity contribution is -0.117. The minimum Gasteiger partial charge on any atom is -0.325 e. The highest BCUT2D eigenvalue weighted by Crippen LogP contribution is 2.23. The standard InChI is InChI=1S/C18H21NO/c1-3-14-10-8-9-13-17(14)19-18(20)16(4-2)15-11-6-5-7-12-15/h5-13,16H,3-4H2,1-2H3,(H,19,20)/t16-/m0/s1. The highest BCUT2D eigenvalue weighted by Gasteiger charge is 2.18. The maximum atomic E-state index is 12.5. The summed E-state index contributed by atoms with van der Waals surface area (Å²) in [5.41, 5.74) is 3.17. The number of rotatable bonds is 5. The molecule has 2 heteroatoms. The highest BCUT2D eigenvalue weighted by atomic mass is 16.1. The number of nitrogens with one attached hydrogen (secondary N) is 1. The molecule has 2 aromatic carbocycles. The van der Waals surface area contributed by atoms with E-state index >= 15 is 0 Å². The van der Waals surface area contributed by atoms with Gasteiger partial charge < -0.3 is 5.32 Å². The SMILES string of the molecule is CCc1ccccc1NC(=O)[C@@H](CC)c1ccccc1. The molecule has 0 saturated heterocycles. The molecule has 1 N–H and O–H groups in total. The second-order valence-corrected chi connectivity index (χ2v) is 4.87. The molecular weight excluding hydrogens is 246 g/mol. The molecule has 0 saturated carbocycles. The molecule has 0 aliphatic heterocycles. The van der Waals surface area contributed by atoms with Crippen molar-refractivity contribution < 1.29 is 4.79 Å². The molecule has 0 fully saturated rings. The van der Waals surface area contributed by atoms with E-state index in [9.17, 15) is 4.79 Å². The number of hydrogen-bond acceptors (Lipinski definition) is 1. The minimum absolute atomic E-state index is 0.0691. The van der Waals surface area contributed by atoms with E-state index in [0.29, 0.717) is 0 Å². The second kappa shape index (κ2) is 6.90. The van der Waals surface area contributed by atoms with E-state index in [1.54, 1.807) is 0 Å². The van der Waals surface area contributed by atoms with E-state index in [1.807, 2.05) is 55.5 Å². The first-order chi connectivity index (χ1) is 9.76. The fraction of sp³-hybridized carbons (Fsp3) is 0.278. The largest absolute Gasteiger partial charge is 0.325 e. The average molecular weight is 267 g/mol. The van der Waals surface area contributed by atoms with Crippen LogP contribution in [0.2, 0.25) is 0 Å². The van der Waals surface area contributed by atoms with E-state index in [1.165, 1.54) is 5.56 Å². The summed E-state index contributed by atoms with van der Waals surface area (Å²) in [4.78, 5) is 12.5. The van der Waals surface area contributed by atoms with Crippen molar-refractivity contribution in [1.29, 1.82) is 0 Å². The fourth-order valence-corrected chi connectivity index (χ4v) is 2.43. The molecule has 20 heavy (non-hydrogen) atoms. The van der Waals surface area contributed by atoms with E-state index in [0.717, 1.165) is 24.1 Å². The Morgan fingerprint density at radius 1 is 1.00 bits per heavy atom. The van der Waals surface area contributed by atoms with E-state index in [2.05, 4.69) is 18.3 Å². The van der Waals surface area contributed by atoms with Crippen LogP contribution >= 0.6 is 0 Å². The molecule has 0 heterocycles. The maximum Gasteiger partial charge on any atom is 0.231 e. The molecule has 2 nitrogen and oxygen atoms in total. The molecule has 0 radical (unpaired) electrons. The molecule has 2 aromatic rings. The molecule has 0 bridgehead atoms. The number of amides is 1. The summed E-state index contributed by atoms with van der Waals surface area (Å²) in [5, 5.41) is 3.07. The van der Waals surface area contributed by atoms with Gasteiger partial charge in [-0.2, -0.15) is 0 Å². The molecule has 0 unspecified atom stereocenters. The van der Waals surface area contributed by atoms with Crippen LogP contribution in [0.1, 0.15) is 37.3 Å². The van der Waals surface area contributed by atoms with Crippen molar-refractivity contribution in [3.8, 4) is 0 Å². The summed E-state index contributed by atoms with van der Waals surface area (Å²) in [5.74, 6) is -0.0271. The van der Waals surface area contributed by atoms with Crippen molar-refractivity contribution >= 4 is 11.6 Å². The van der Waals surface area contributed by atoms with Gasteiger partial charge in [0.05, 0.1) is 5.92 Å². The number of benzene rings is 2. The Balaban J connectivity index is 2.18. The van der Waals surface area contributed by atoms with Crippen molar-refractivity contribution in [3.05, 3.63) is 65.7 Å². The van der Waals surface area contributed by atoms with Gasteiger partial charge in [0.25, 0.3) is 0 Å². The van der Waals surface area contributed by atoms with E-state index in [-0.39, 0.29) is 11.8 Å². The first-order valence-electron chi connectivity index (χ1n) is 7.20. The third-order valence-electron chi connectivity index (χ3n) is 3.58. The molecule has 0 aromatic heterocycles. The van der Waals surface area contributed by atoms with Gasteiger partial charge in [-0.15, -0.1) is 0 Å². The molecule has 0 spiro atoms. The Labute approximate surface area is 120 Å². The summed E-state index contributed by atoms with van der Waals surface area (Å²) in [6, 6.07) is 17.9. The average Bonchev–Trinajstić information content (AvgIpc) is 2.49. The Morgan fingerprint density at radius 2 is 1.65 bits per heavy atom. The summed E-state index contributed by atoms with van der Waals surface area (Å²) < 4.78 is 0. The predicted octanol–water partition coefficient (Wildman–Crippen LogP) is 4.38. The lowest BCUT2D eigenvalue weighted by Gasteiger charge is -2.17. The summed E-state index contributed by atoms with van der Waals surface area (Å²) in [6.45, 7) is 4.14. The van der Waals surface area contributed by atoms with Crippen LogP contribution in [0.15, 0.2) is 54.6 Å². The number of anilines is 1. The van der Waals surface area contributed by atoms with Crippen LogP contribution in [0.25, 0.3) is 0 Å². The molecule has 1 amide bonds. The topological polar surface area (TPSA) is 29.1 Å². The van der Waals surface area contributed by atoms with Crippen molar-refractivity contribution in [3.63, 3.8) is 0 Å². The minimum atomic E-state index is -0.0962. The number of aryl methyl sites for hydroxylation is 1. The van der Waals surface area contributed by atoms with Crippen molar-refractivity contribution in [2.24, 2.45) is 0 Å². The monoisotopic (exact) mass is 267 g/mol. The van der Waals surface area contributed by atoms with Crippen molar-refractivity contribution in [2.45, 2.75) is 32.6 Å². The van der Waals surface area contributed by atoms with Gasteiger partial charge in [0.1, 0.15) is 0 Å². The van der Waals surface area contributed by atoms with Gasteiger partial charge in [0.15, 0.2) is 0 Å². The van der Waals surface area contributed by atoms with Crippen LogP contribution in [-0.4, -0.2) is 5.91 Å². The number of carbonyl (C=O) groups excluding carboxylic acids is 1. The zero-order valence-electron chi connectivity index (χ0n) is 12.1. The van der Waals surface area contributed by atoms with Crippen LogP contribution < -0.4 is 5.32 Å². The third kappa shape index (κ3) is 3.27. The predicted molar refractivity (Wildman–Crippen MR) is 83.9 cm³/mol. The van der Waals surface area contributed by atoms with Crippen molar-refractivity contribution in [1.82, 2.24) is 0 Å². The molecule has 1 atom stereocenters. The lowest BCUT2D eigenvalue weighted by atomic mass is 9.95. The van der Waals surface area contributed by atoms with Gasteiger partial charge in [0, 0.05) is 5.69 Å². The van der Waals surface area contributed by atoms with Gasteiger partial charge in [-0.05, 0) is 30.0 Å². The normalized spacial score (nSPS) is 11.9. The smallest absolute Gasteiger partial charge is 0.231 e. The number of para-hydroxylation sites is 1. The van der Waals surface area contributed by atoms with Gasteiger partial charge >= 0.3 is 0 Å². The zero-order chi connectivity index (χ0) is 14.4. The second-order valence-electron chi connectivity index (χ2n) is 4.87. The van der Waals surface area contributed by atoms with Crippen LogP contribution in [-0.2, 0) is 11.2 Å². The molecule has 104 valence electrons. The first kappa shape index (κ1) is 14.3. The molecule has 0 aliphatic carbocycles. The van der Waals surface area contributed by atoms with Crippen LogP contribution in [0.4, 0.5) is 5.69 Å². The van der Waals surface area contributed by atoms with Crippen LogP contribution in [0.3, 0.4) is 0 Å². The molecule has 0 aliphatic rings.